The van der Waals surface area contributed by atoms with Crippen molar-refractivity contribution in [3.63, 3.8) is 0 Å². The average molecular weight is 273 g/mol. The number of hydrogen-bond donors (Lipinski definition) is 1. The first kappa shape index (κ1) is 13.1. The molecule has 2 atom stereocenters. The minimum atomic E-state index is -0.919. The minimum Gasteiger partial charge on any atom is -0.478 e. The van der Waals surface area contributed by atoms with Gasteiger partial charge in [-0.1, -0.05) is 6.07 Å². The first-order valence-electron chi connectivity index (χ1n) is 6.97. The van der Waals surface area contributed by atoms with E-state index in [4.69, 9.17) is 0 Å². The molecule has 1 aromatic heterocycles. The van der Waals surface area contributed by atoms with E-state index in [1.165, 1.54) is 0 Å². The Hall–Kier alpha value is -1.88. The summed E-state index contributed by atoms with van der Waals surface area (Å²) in [7, 11) is 2.15. The van der Waals surface area contributed by atoms with Crippen LogP contribution in [0.3, 0.4) is 0 Å². The van der Waals surface area contributed by atoms with Crippen molar-refractivity contribution in [2.75, 3.05) is 13.6 Å². The highest BCUT2D eigenvalue weighted by molar-refractivity contribution is 6.00. The van der Waals surface area contributed by atoms with Crippen molar-refractivity contribution < 1.29 is 9.90 Å². The number of carbonyl (C=O) groups is 1. The van der Waals surface area contributed by atoms with Gasteiger partial charge in [-0.25, -0.2) is 9.78 Å². The lowest BCUT2D eigenvalue weighted by Crippen LogP contribution is -2.38. The second-order valence-electron chi connectivity index (χ2n) is 5.64. The van der Waals surface area contributed by atoms with E-state index >= 15 is 0 Å². The Morgan fingerprint density at radius 2 is 2.25 bits per heavy atom. The van der Waals surface area contributed by atoms with Crippen molar-refractivity contribution in [3.8, 4) is 0 Å². The summed E-state index contributed by atoms with van der Waals surface area (Å²) in [4.78, 5) is 17.9. The Morgan fingerprint density at radius 1 is 1.45 bits per heavy atom. The average Bonchev–Trinajstić information content (AvgIpc) is 2.85. The molecule has 1 aliphatic rings. The number of carboxylic acids is 1. The zero-order valence-electron chi connectivity index (χ0n) is 11.8. The molecule has 0 aliphatic carbocycles. The Kier molecular flexibility index (Phi) is 3.22. The summed E-state index contributed by atoms with van der Waals surface area (Å²) < 4.78 is 2.14. The molecule has 2 aromatic rings. The van der Waals surface area contributed by atoms with Crippen molar-refractivity contribution >= 4 is 17.0 Å². The van der Waals surface area contributed by atoms with Gasteiger partial charge in [-0.3, -0.25) is 0 Å². The number of imidazole rings is 1. The molecule has 0 saturated carbocycles. The number of rotatable bonds is 2. The highest BCUT2D eigenvalue weighted by Gasteiger charge is 2.25. The van der Waals surface area contributed by atoms with Crippen LogP contribution in [0.1, 0.15) is 36.2 Å². The van der Waals surface area contributed by atoms with Crippen LogP contribution in [-0.2, 0) is 0 Å². The molecule has 5 heteroatoms. The van der Waals surface area contributed by atoms with E-state index in [2.05, 4.69) is 28.4 Å². The third kappa shape index (κ3) is 2.08. The van der Waals surface area contributed by atoms with E-state index in [-0.39, 0.29) is 5.56 Å². The van der Waals surface area contributed by atoms with Crippen LogP contribution >= 0.6 is 0 Å². The number of nitrogens with zero attached hydrogens (tertiary/aromatic N) is 3. The summed E-state index contributed by atoms with van der Waals surface area (Å²) in [6.07, 6.45) is 3.93. The molecular formula is C15H19N3O2. The van der Waals surface area contributed by atoms with Crippen molar-refractivity contribution in [1.29, 1.82) is 0 Å². The van der Waals surface area contributed by atoms with Crippen LogP contribution in [0, 0.1) is 0 Å². The van der Waals surface area contributed by atoms with Gasteiger partial charge in [0.25, 0.3) is 0 Å². The number of carboxylic acid groups (broad SMARTS) is 1. The highest BCUT2D eigenvalue weighted by Crippen LogP contribution is 2.29. The fourth-order valence-electron chi connectivity index (χ4n) is 3.04. The lowest BCUT2D eigenvalue weighted by Gasteiger charge is -2.35. The largest absolute Gasteiger partial charge is 0.478 e. The number of piperidine rings is 1. The SMILES string of the molecule is CC1CC(n2cnc3c(C(=O)O)cccc32)CCN1C. The van der Waals surface area contributed by atoms with Gasteiger partial charge in [-0.15, -0.1) is 0 Å². The van der Waals surface area contributed by atoms with Crippen LogP contribution in [0.15, 0.2) is 24.5 Å². The molecule has 1 N–H and O–H groups in total. The number of aromatic nitrogens is 2. The first-order chi connectivity index (χ1) is 9.58. The normalized spacial score (nSPS) is 24.1. The van der Waals surface area contributed by atoms with E-state index in [0.717, 1.165) is 24.9 Å². The predicted molar refractivity (Wildman–Crippen MR) is 77.1 cm³/mol. The zero-order valence-corrected chi connectivity index (χ0v) is 11.8. The standard InChI is InChI=1S/C15H19N3O2/c1-10-8-11(6-7-17(10)2)18-9-16-14-12(15(19)20)4-3-5-13(14)18/h3-5,9-11H,6-8H2,1-2H3,(H,19,20). The van der Waals surface area contributed by atoms with E-state index in [0.29, 0.717) is 17.6 Å². The molecule has 1 aromatic carbocycles. The van der Waals surface area contributed by atoms with Crippen LogP contribution in [-0.4, -0.2) is 45.2 Å². The summed E-state index contributed by atoms with van der Waals surface area (Å²) in [5.74, 6) is -0.919. The summed E-state index contributed by atoms with van der Waals surface area (Å²) in [6.45, 7) is 3.29. The highest BCUT2D eigenvalue weighted by atomic mass is 16.4. The van der Waals surface area contributed by atoms with Crippen molar-refractivity contribution in [1.82, 2.24) is 14.5 Å². The van der Waals surface area contributed by atoms with Gasteiger partial charge < -0.3 is 14.6 Å². The molecule has 1 aliphatic heterocycles. The van der Waals surface area contributed by atoms with Crippen LogP contribution in [0.25, 0.3) is 11.0 Å². The lowest BCUT2D eigenvalue weighted by molar-refractivity contribution is 0.0699. The number of para-hydroxylation sites is 1. The van der Waals surface area contributed by atoms with Crippen molar-refractivity contribution in [2.45, 2.75) is 31.8 Å². The maximum atomic E-state index is 11.2. The Balaban J connectivity index is 2.01. The van der Waals surface area contributed by atoms with Crippen LogP contribution in [0.2, 0.25) is 0 Å². The number of fused-ring (bicyclic) bond motifs is 1. The molecule has 20 heavy (non-hydrogen) atoms. The molecule has 1 fully saturated rings. The molecule has 2 unspecified atom stereocenters. The molecule has 0 amide bonds. The van der Waals surface area contributed by atoms with Gasteiger partial charge in [0.1, 0.15) is 5.52 Å². The summed E-state index contributed by atoms with van der Waals surface area (Å²) in [5, 5.41) is 9.22. The molecular weight excluding hydrogens is 254 g/mol. The molecule has 0 spiro atoms. The maximum Gasteiger partial charge on any atom is 0.337 e. The zero-order chi connectivity index (χ0) is 14.3. The lowest BCUT2D eigenvalue weighted by atomic mass is 9.98. The topological polar surface area (TPSA) is 58.4 Å². The van der Waals surface area contributed by atoms with Crippen LogP contribution < -0.4 is 0 Å². The van der Waals surface area contributed by atoms with Gasteiger partial charge in [0.05, 0.1) is 17.4 Å². The summed E-state index contributed by atoms with van der Waals surface area (Å²) in [5.41, 5.74) is 1.79. The third-order valence-corrected chi connectivity index (χ3v) is 4.41. The smallest absolute Gasteiger partial charge is 0.337 e. The van der Waals surface area contributed by atoms with E-state index in [1.54, 1.807) is 18.5 Å². The molecule has 106 valence electrons. The van der Waals surface area contributed by atoms with Gasteiger partial charge in [-0.2, -0.15) is 0 Å². The molecule has 2 heterocycles. The summed E-state index contributed by atoms with van der Waals surface area (Å²) >= 11 is 0. The Bertz CT molecular complexity index is 650. The van der Waals surface area contributed by atoms with E-state index < -0.39 is 5.97 Å². The quantitative estimate of drug-likeness (QED) is 0.912. The van der Waals surface area contributed by atoms with Gasteiger partial charge in [0, 0.05) is 18.6 Å². The van der Waals surface area contributed by atoms with Crippen molar-refractivity contribution in [3.05, 3.63) is 30.1 Å². The first-order valence-corrected chi connectivity index (χ1v) is 6.97. The number of aromatic carboxylic acids is 1. The number of likely N-dealkylation sites (tertiary alicyclic amines) is 1. The van der Waals surface area contributed by atoms with Gasteiger partial charge in [0.15, 0.2) is 0 Å². The summed E-state index contributed by atoms with van der Waals surface area (Å²) in [6, 6.07) is 6.29. The van der Waals surface area contributed by atoms with Crippen LogP contribution in [0.5, 0.6) is 0 Å². The predicted octanol–water partition coefficient (Wildman–Crippen LogP) is 2.39. The molecule has 0 radical (unpaired) electrons. The van der Waals surface area contributed by atoms with Gasteiger partial charge in [-0.05, 0) is 38.9 Å². The fraction of sp³-hybridized carbons (Fsp3) is 0.467. The van der Waals surface area contributed by atoms with Gasteiger partial charge in [0.2, 0.25) is 0 Å². The molecule has 0 bridgehead atoms. The fourth-order valence-corrected chi connectivity index (χ4v) is 3.04. The second kappa shape index (κ2) is 4.90. The van der Waals surface area contributed by atoms with Crippen molar-refractivity contribution in [2.24, 2.45) is 0 Å². The van der Waals surface area contributed by atoms with E-state index in [1.807, 2.05) is 6.07 Å². The minimum absolute atomic E-state index is 0.280. The Morgan fingerprint density at radius 3 is 2.95 bits per heavy atom. The molecule has 5 nitrogen and oxygen atoms in total. The number of benzene rings is 1. The van der Waals surface area contributed by atoms with E-state index in [9.17, 15) is 9.90 Å². The number of hydrogen-bond acceptors (Lipinski definition) is 3. The second-order valence-corrected chi connectivity index (χ2v) is 5.64. The maximum absolute atomic E-state index is 11.2. The van der Waals surface area contributed by atoms with Gasteiger partial charge >= 0.3 is 5.97 Å². The van der Waals surface area contributed by atoms with Crippen LogP contribution in [0.4, 0.5) is 0 Å². The molecule has 3 rings (SSSR count). The monoisotopic (exact) mass is 273 g/mol. The Labute approximate surface area is 117 Å². The third-order valence-electron chi connectivity index (χ3n) is 4.41. The molecule has 1 saturated heterocycles.